The number of aliphatic hydroxyl groups excluding tert-OH is 1. The van der Waals surface area contributed by atoms with Crippen molar-refractivity contribution in [3.63, 3.8) is 0 Å². The van der Waals surface area contributed by atoms with E-state index in [9.17, 15) is 19.8 Å². The van der Waals surface area contributed by atoms with Gasteiger partial charge in [0, 0.05) is 11.1 Å². The number of rotatable bonds is 4. The number of hydrogen-bond donors (Lipinski definition) is 2. The lowest BCUT2D eigenvalue weighted by atomic mass is 9.84. The smallest absolute Gasteiger partial charge is 0.300 e. The molecule has 1 fully saturated rings. The van der Waals surface area contributed by atoms with Gasteiger partial charge in [0.15, 0.2) is 0 Å². The molecule has 0 bridgehead atoms. The van der Waals surface area contributed by atoms with E-state index in [4.69, 9.17) is 4.74 Å². The molecule has 3 aromatic carbocycles. The molecule has 1 aliphatic rings. The van der Waals surface area contributed by atoms with Crippen LogP contribution in [0.1, 0.15) is 49.1 Å². The van der Waals surface area contributed by atoms with Crippen LogP contribution in [0.15, 0.2) is 72.3 Å². The minimum absolute atomic E-state index is 0.0300. The maximum Gasteiger partial charge on any atom is 0.300 e. The molecule has 0 aromatic heterocycles. The predicted molar refractivity (Wildman–Crippen MR) is 136 cm³/mol. The molecule has 0 spiro atoms. The number of phenols is 1. The number of amides is 1. The van der Waals surface area contributed by atoms with Crippen LogP contribution in [0.3, 0.4) is 0 Å². The van der Waals surface area contributed by atoms with E-state index in [0.717, 1.165) is 11.1 Å². The Balaban J connectivity index is 2.00. The second-order valence-corrected chi connectivity index (χ2v) is 9.68. The van der Waals surface area contributed by atoms with Gasteiger partial charge in [0.25, 0.3) is 11.7 Å². The highest BCUT2D eigenvalue weighted by Gasteiger charge is 2.48. The number of aliphatic hydroxyl groups is 1. The first-order valence-corrected chi connectivity index (χ1v) is 11.4. The number of anilines is 1. The van der Waals surface area contributed by atoms with Crippen molar-refractivity contribution < 1.29 is 24.5 Å². The van der Waals surface area contributed by atoms with Gasteiger partial charge < -0.3 is 14.9 Å². The fourth-order valence-electron chi connectivity index (χ4n) is 4.53. The topological polar surface area (TPSA) is 87.1 Å². The van der Waals surface area contributed by atoms with Crippen molar-refractivity contribution in [1.29, 1.82) is 0 Å². The Hall–Kier alpha value is -4.06. The second kappa shape index (κ2) is 8.95. The number of hydrogen-bond acceptors (Lipinski definition) is 5. The van der Waals surface area contributed by atoms with Crippen LogP contribution in [-0.2, 0) is 15.0 Å². The van der Waals surface area contributed by atoms with Gasteiger partial charge in [-0.15, -0.1) is 0 Å². The largest absolute Gasteiger partial charge is 0.507 e. The predicted octanol–water partition coefficient (Wildman–Crippen LogP) is 5.63. The van der Waals surface area contributed by atoms with Gasteiger partial charge in [0.2, 0.25) is 0 Å². The molecule has 1 aliphatic heterocycles. The number of para-hydroxylation sites is 2. The quantitative estimate of drug-likeness (QED) is 0.292. The van der Waals surface area contributed by atoms with Gasteiger partial charge in [0.1, 0.15) is 17.3 Å². The van der Waals surface area contributed by atoms with Gasteiger partial charge in [-0.1, -0.05) is 57.2 Å². The summed E-state index contributed by atoms with van der Waals surface area (Å²) in [7, 11) is 1.58. The van der Waals surface area contributed by atoms with E-state index in [2.05, 4.69) is 0 Å². The molecule has 6 heteroatoms. The summed E-state index contributed by atoms with van der Waals surface area (Å²) in [6.45, 7) is 7.96. The average Bonchev–Trinajstić information content (AvgIpc) is 3.08. The van der Waals surface area contributed by atoms with Crippen LogP contribution in [0.25, 0.3) is 5.76 Å². The number of ketones is 1. The van der Waals surface area contributed by atoms with E-state index in [1.165, 1.54) is 11.0 Å². The summed E-state index contributed by atoms with van der Waals surface area (Å²) < 4.78 is 5.51. The molecule has 180 valence electrons. The lowest BCUT2D eigenvalue weighted by molar-refractivity contribution is -0.132. The number of phenolic OH excluding ortho intramolecular Hbond substituents is 1. The van der Waals surface area contributed by atoms with Crippen LogP contribution in [0.4, 0.5) is 5.69 Å². The van der Waals surface area contributed by atoms with Crippen molar-refractivity contribution in [2.45, 2.75) is 39.2 Å². The molecule has 6 nitrogen and oxygen atoms in total. The van der Waals surface area contributed by atoms with Crippen LogP contribution in [0.2, 0.25) is 0 Å². The first-order chi connectivity index (χ1) is 16.6. The number of nitrogens with zero attached hydrogens (tertiary/aromatic N) is 1. The SMILES string of the molecule is COc1ccc(/C(O)=C2\C(=O)C(=O)N(c3ccccc3O)C2c2ccccc2C)cc1C(C)(C)C. The summed E-state index contributed by atoms with van der Waals surface area (Å²) in [6.07, 6.45) is 0. The Morgan fingerprint density at radius 1 is 0.971 bits per heavy atom. The van der Waals surface area contributed by atoms with Crippen molar-refractivity contribution >= 4 is 23.1 Å². The lowest BCUT2D eigenvalue weighted by Crippen LogP contribution is -2.29. The summed E-state index contributed by atoms with van der Waals surface area (Å²) in [4.78, 5) is 28.0. The molecule has 1 amide bonds. The van der Waals surface area contributed by atoms with E-state index in [1.807, 2.05) is 52.0 Å². The minimum Gasteiger partial charge on any atom is -0.507 e. The molecule has 0 saturated carbocycles. The molecule has 1 unspecified atom stereocenters. The van der Waals surface area contributed by atoms with E-state index in [0.29, 0.717) is 16.9 Å². The van der Waals surface area contributed by atoms with Crippen LogP contribution in [0.5, 0.6) is 11.5 Å². The molecule has 0 aliphatic carbocycles. The summed E-state index contributed by atoms with van der Waals surface area (Å²) in [5.74, 6) is -1.37. The molecule has 1 saturated heterocycles. The average molecular weight is 472 g/mol. The number of carbonyl (C=O) groups excluding carboxylic acids is 2. The zero-order chi connectivity index (χ0) is 25.5. The van der Waals surface area contributed by atoms with E-state index < -0.39 is 17.7 Å². The molecule has 1 atom stereocenters. The highest BCUT2D eigenvalue weighted by atomic mass is 16.5. The molecule has 0 radical (unpaired) electrons. The van der Waals surface area contributed by atoms with Crippen LogP contribution in [0, 0.1) is 6.92 Å². The number of Topliss-reactive ketones (excluding diaryl/α,β-unsaturated/α-hetero) is 1. The summed E-state index contributed by atoms with van der Waals surface area (Å²) in [6, 6.07) is 18.0. The Kier molecular flexibility index (Phi) is 6.15. The molecule has 4 rings (SSSR count). The van der Waals surface area contributed by atoms with Gasteiger partial charge in [-0.2, -0.15) is 0 Å². The summed E-state index contributed by atoms with van der Waals surface area (Å²) in [5, 5.41) is 22.0. The highest BCUT2D eigenvalue weighted by molar-refractivity contribution is 6.52. The number of ether oxygens (including phenoxy) is 1. The normalized spacial score (nSPS) is 17.6. The lowest BCUT2D eigenvalue weighted by Gasteiger charge is -2.27. The van der Waals surface area contributed by atoms with Gasteiger partial charge in [-0.05, 0) is 53.8 Å². The number of carbonyl (C=O) groups is 2. The Labute approximate surface area is 205 Å². The number of benzene rings is 3. The zero-order valence-electron chi connectivity index (χ0n) is 20.5. The van der Waals surface area contributed by atoms with Crippen molar-refractivity contribution in [2.24, 2.45) is 0 Å². The fourth-order valence-corrected chi connectivity index (χ4v) is 4.53. The van der Waals surface area contributed by atoms with E-state index >= 15 is 0 Å². The monoisotopic (exact) mass is 471 g/mol. The second-order valence-electron chi connectivity index (χ2n) is 9.68. The van der Waals surface area contributed by atoms with Crippen LogP contribution >= 0.6 is 0 Å². The van der Waals surface area contributed by atoms with Crippen molar-refractivity contribution in [1.82, 2.24) is 0 Å². The maximum atomic E-state index is 13.4. The summed E-state index contributed by atoms with van der Waals surface area (Å²) >= 11 is 0. The van der Waals surface area contributed by atoms with Gasteiger partial charge in [0.05, 0.1) is 24.4 Å². The van der Waals surface area contributed by atoms with Crippen LogP contribution < -0.4 is 9.64 Å². The highest BCUT2D eigenvalue weighted by Crippen LogP contribution is 2.45. The number of aryl methyl sites for hydroxylation is 1. The van der Waals surface area contributed by atoms with Crippen molar-refractivity contribution in [3.05, 3.63) is 94.6 Å². The molecular formula is C29H29NO5. The summed E-state index contributed by atoms with van der Waals surface area (Å²) in [5.41, 5.74) is 2.66. The van der Waals surface area contributed by atoms with Crippen molar-refractivity contribution in [2.75, 3.05) is 12.0 Å². The van der Waals surface area contributed by atoms with Crippen LogP contribution in [-0.4, -0.2) is 29.0 Å². The number of aromatic hydroxyl groups is 1. The molecule has 3 aromatic rings. The third kappa shape index (κ3) is 4.16. The Morgan fingerprint density at radius 3 is 2.26 bits per heavy atom. The van der Waals surface area contributed by atoms with Gasteiger partial charge >= 0.3 is 0 Å². The molecule has 1 heterocycles. The zero-order valence-corrected chi connectivity index (χ0v) is 20.5. The van der Waals surface area contributed by atoms with E-state index in [-0.39, 0.29) is 28.2 Å². The Morgan fingerprint density at radius 2 is 1.63 bits per heavy atom. The molecular weight excluding hydrogens is 442 g/mol. The maximum absolute atomic E-state index is 13.4. The molecule has 35 heavy (non-hydrogen) atoms. The van der Waals surface area contributed by atoms with E-state index in [1.54, 1.807) is 43.5 Å². The minimum atomic E-state index is -0.912. The van der Waals surface area contributed by atoms with Crippen molar-refractivity contribution in [3.8, 4) is 11.5 Å². The van der Waals surface area contributed by atoms with Gasteiger partial charge in [-0.25, -0.2) is 0 Å². The first kappa shape index (κ1) is 24.1. The third-order valence-electron chi connectivity index (χ3n) is 6.35. The first-order valence-electron chi connectivity index (χ1n) is 11.4. The Bertz CT molecular complexity index is 1350. The van der Waals surface area contributed by atoms with Gasteiger partial charge in [-0.3, -0.25) is 14.5 Å². The third-order valence-corrected chi connectivity index (χ3v) is 6.35. The molecule has 2 N–H and O–H groups in total. The number of methoxy groups -OCH3 is 1. The fraction of sp³-hybridized carbons (Fsp3) is 0.241. The standard InChI is InChI=1S/C29H29NO5/c1-17-10-6-7-11-19(17)25-24(27(33)28(34)30(25)21-12-8-9-13-22(21)31)26(32)18-14-15-23(35-5)20(16-18)29(2,3)4/h6-16,25,31-32H,1-5H3/b26-24+.